The van der Waals surface area contributed by atoms with E-state index in [2.05, 4.69) is 40.3 Å². The van der Waals surface area contributed by atoms with Crippen molar-refractivity contribution in [1.29, 1.82) is 0 Å². The number of azide groups is 2. The molecule has 1 spiro atoms. The minimum atomic E-state index is -5.08. The highest BCUT2D eigenvalue weighted by molar-refractivity contribution is 6.22. The van der Waals surface area contributed by atoms with Gasteiger partial charge in [-0.15, -0.1) is 11.6 Å². The molecule has 3 heterocycles. The van der Waals surface area contributed by atoms with E-state index in [0.29, 0.717) is 5.69 Å². The monoisotopic (exact) mass is 717 g/mol. The molecule has 262 valence electrons. The summed E-state index contributed by atoms with van der Waals surface area (Å²) >= 11 is 6.89. The van der Waals surface area contributed by atoms with Gasteiger partial charge in [-0.25, -0.2) is 19.4 Å². The fourth-order valence-electron chi connectivity index (χ4n) is 5.07. The van der Waals surface area contributed by atoms with Crippen LogP contribution in [-0.4, -0.2) is 101 Å². The van der Waals surface area contributed by atoms with Gasteiger partial charge in [0, 0.05) is 35.0 Å². The first-order valence-corrected chi connectivity index (χ1v) is 12.9. The van der Waals surface area contributed by atoms with Crippen molar-refractivity contribution in [1.82, 2.24) is 19.9 Å². The second kappa shape index (κ2) is 14.9. The van der Waals surface area contributed by atoms with Crippen LogP contribution in [0.2, 0.25) is 0 Å². The zero-order chi connectivity index (χ0) is 36.8. The van der Waals surface area contributed by atoms with E-state index in [0.717, 1.165) is 0 Å². The predicted molar refractivity (Wildman–Crippen MR) is 148 cm³/mol. The van der Waals surface area contributed by atoms with Crippen molar-refractivity contribution in [3.05, 3.63) is 50.6 Å². The molecule has 0 aromatic carbocycles. The third kappa shape index (κ3) is 8.22. The van der Waals surface area contributed by atoms with Crippen molar-refractivity contribution in [2.24, 2.45) is 32.8 Å². The number of carboxylic acids is 3. The van der Waals surface area contributed by atoms with E-state index in [1.807, 2.05) is 0 Å². The number of hydrogen-bond acceptors (Lipinski definition) is 11. The summed E-state index contributed by atoms with van der Waals surface area (Å²) in [6.07, 6.45) is -10.1. The van der Waals surface area contributed by atoms with Crippen LogP contribution in [0.3, 0.4) is 0 Å². The van der Waals surface area contributed by atoms with Crippen molar-refractivity contribution < 1.29 is 61.2 Å². The topological polar surface area (TPSA) is 340 Å². The molecule has 1 aliphatic carbocycles. The van der Waals surface area contributed by atoms with Crippen LogP contribution in [0.15, 0.2) is 33.6 Å². The summed E-state index contributed by atoms with van der Waals surface area (Å²) in [5, 5.41) is 44.3. The summed E-state index contributed by atoms with van der Waals surface area (Å²) in [7, 11) is 0. The van der Waals surface area contributed by atoms with Crippen LogP contribution in [0.5, 0.6) is 0 Å². The molecule has 2 aliphatic rings. The Morgan fingerprint density at radius 3 is 1.94 bits per heavy atom. The van der Waals surface area contributed by atoms with Gasteiger partial charge < -0.3 is 42.2 Å². The molecule has 6 atom stereocenters. The molecular formula is C21H22ClF6N13O7. The minimum Gasteiger partial charge on any atom is -0.477 e. The molecule has 0 unspecified atom stereocenters. The molecule has 0 saturated heterocycles. The Balaban J connectivity index is 0.000000479. The smallest absolute Gasteiger partial charge is 0.477 e. The minimum absolute atomic E-state index is 0.0290. The Morgan fingerprint density at radius 1 is 1.02 bits per heavy atom. The van der Waals surface area contributed by atoms with E-state index in [1.54, 1.807) is 0 Å². The number of anilines is 1. The first-order valence-electron chi connectivity index (χ1n) is 12.5. The number of nitrogens with two attached hydrogens (primary N) is 2. The molecule has 2 aromatic heterocycles. The van der Waals surface area contributed by atoms with Crippen molar-refractivity contribution in [3.63, 3.8) is 0 Å². The number of aromatic nitrogens is 3. The van der Waals surface area contributed by atoms with Crippen molar-refractivity contribution in [2.75, 3.05) is 18.8 Å². The fourth-order valence-corrected chi connectivity index (χ4v) is 5.64. The van der Waals surface area contributed by atoms with Crippen LogP contribution in [0.4, 0.5) is 32.3 Å². The molecule has 0 bridgehead atoms. The number of aliphatic imine (C=N–C) groups is 1. The number of aromatic amines is 1. The van der Waals surface area contributed by atoms with Gasteiger partial charge in [-0.2, -0.15) is 31.3 Å². The van der Waals surface area contributed by atoms with Gasteiger partial charge in [0.15, 0.2) is 24.0 Å². The van der Waals surface area contributed by atoms with Gasteiger partial charge >= 0.3 is 30.3 Å². The van der Waals surface area contributed by atoms with E-state index < -0.39 is 65.2 Å². The number of alkyl halides is 7. The van der Waals surface area contributed by atoms with Gasteiger partial charge in [-0.3, -0.25) is 4.57 Å². The number of H-pyrrole nitrogens is 1. The average molecular weight is 718 g/mol. The summed E-state index contributed by atoms with van der Waals surface area (Å²) < 4.78 is 64.8. The van der Waals surface area contributed by atoms with E-state index in [9.17, 15) is 41.4 Å². The maximum Gasteiger partial charge on any atom is 0.490 e. The molecule has 27 heteroatoms. The van der Waals surface area contributed by atoms with E-state index >= 15 is 0 Å². The van der Waals surface area contributed by atoms with Gasteiger partial charge in [-0.05, 0) is 35.0 Å². The molecule has 1 fully saturated rings. The number of carboxylic acid groups (broad SMARTS) is 3. The van der Waals surface area contributed by atoms with Crippen molar-refractivity contribution >= 4 is 41.4 Å². The average Bonchev–Trinajstić information content (AvgIpc) is 3.71. The molecule has 4 rings (SSSR count). The third-order valence-electron chi connectivity index (χ3n) is 6.79. The molecule has 1 saturated carbocycles. The first-order chi connectivity index (χ1) is 22.1. The largest absolute Gasteiger partial charge is 0.490 e. The highest BCUT2D eigenvalue weighted by Gasteiger charge is 2.66. The number of hydrogen-bond donors (Lipinski definition) is 8. The Labute approximate surface area is 266 Å². The quantitative estimate of drug-likeness (QED) is 0.0675. The van der Waals surface area contributed by atoms with E-state index in [-0.39, 0.29) is 36.5 Å². The standard InChI is InChI=1S/C17H20ClN13O3.2C2HF3O2/c18-11-7(5-24-30-22)6(4-23-29-21)9(17(11)14(34)27-16(20)28-17)10-12(26-15(19)25-10)31-3-1-2-8(31)13(32)33;2*3-2(4,5)1(6)7/h1-3,6-7,9,11,14,34H,4-5H2,(H,32,33)(H3,19,25,26)(H3,20,27,28);2*(H,6,7)/t6-,7-,9-,11+,14+,17+;;/m1../s1. The number of nitrogens with one attached hydrogen (secondary N) is 2. The van der Waals surface area contributed by atoms with Crippen molar-refractivity contribution in [2.45, 2.75) is 35.4 Å². The lowest BCUT2D eigenvalue weighted by Crippen LogP contribution is -2.60. The van der Waals surface area contributed by atoms with Crippen LogP contribution in [-0.2, 0) is 9.59 Å². The molecule has 1 aliphatic heterocycles. The molecule has 10 N–H and O–H groups in total. The highest BCUT2D eigenvalue weighted by Crippen LogP contribution is 2.56. The molecule has 0 amide bonds. The number of halogens is 7. The summed E-state index contributed by atoms with van der Waals surface area (Å²) in [5.74, 6) is -8.72. The zero-order valence-corrected chi connectivity index (χ0v) is 24.1. The van der Waals surface area contributed by atoms with E-state index in [4.69, 9.17) is 53.9 Å². The number of guanidine groups is 1. The second-order valence-corrected chi connectivity index (χ2v) is 9.98. The lowest BCUT2D eigenvalue weighted by Gasteiger charge is -2.37. The number of nitrogens with zero attached hydrogens (tertiary/aromatic N) is 9. The van der Waals surface area contributed by atoms with Crippen LogP contribution in [0, 0.1) is 11.8 Å². The maximum atomic E-state index is 11.8. The van der Waals surface area contributed by atoms with Crippen LogP contribution in [0.1, 0.15) is 22.1 Å². The van der Waals surface area contributed by atoms with Gasteiger partial charge in [0.1, 0.15) is 11.2 Å². The number of aliphatic hydroxyl groups is 1. The molecule has 0 radical (unpaired) electrons. The number of imidazole rings is 1. The SMILES string of the molecule is O=C(O)C(F)(F)F.O=C(O)C(F)(F)F.[N-]=[N+]=NC[C@@H]1[C@@H](CN=[N+]=[N-])[C@H](c2[nH]c(N)nc2-n2cccc2C(=O)O)[C@]2(NC(N)=N[C@H]2O)[C@H]1Cl. The first kappa shape index (κ1) is 38.6. The second-order valence-electron chi connectivity index (χ2n) is 9.51. The number of aromatic carboxylic acids is 1. The van der Waals surface area contributed by atoms with Crippen molar-refractivity contribution in [3.8, 4) is 5.82 Å². The normalized spacial score (nSPS) is 24.4. The molecule has 48 heavy (non-hydrogen) atoms. The summed E-state index contributed by atoms with van der Waals surface area (Å²) in [6.45, 7) is -0.173. The molecule has 2 aromatic rings. The summed E-state index contributed by atoms with van der Waals surface area (Å²) in [4.78, 5) is 46.4. The predicted octanol–water partition coefficient (Wildman–Crippen LogP) is 2.28. The maximum absolute atomic E-state index is 11.8. The lowest BCUT2D eigenvalue weighted by atomic mass is 9.79. The third-order valence-corrected chi connectivity index (χ3v) is 7.48. The number of rotatable bonds is 7. The number of nitrogen functional groups attached to an aromatic ring is 1. The van der Waals surface area contributed by atoms with Gasteiger partial charge in [0.2, 0.25) is 0 Å². The Bertz CT molecular complexity index is 1630. The zero-order valence-electron chi connectivity index (χ0n) is 23.4. The van der Waals surface area contributed by atoms with E-state index in [1.165, 1.54) is 22.9 Å². The Morgan fingerprint density at radius 2 is 1.52 bits per heavy atom. The molecule has 20 nitrogen and oxygen atoms in total. The van der Waals surface area contributed by atoms with Gasteiger partial charge in [-0.1, -0.05) is 10.2 Å². The Kier molecular flexibility index (Phi) is 12.0. The summed E-state index contributed by atoms with van der Waals surface area (Å²) in [6, 6.07) is 2.91. The number of carbonyl (C=O) groups is 3. The van der Waals surface area contributed by atoms with Crippen LogP contribution < -0.4 is 16.8 Å². The highest BCUT2D eigenvalue weighted by atomic mass is 35.5. The van der Waals surface area contributed by atoms with Crippen LogP contribution >= 0.6 is 11.6 Å². The number of aliphatic carboxylic acids is 2. The van der Waals surface area contributed by atoms with Gasteiger partial charge in [0.05, 0.1) is 11.1 Å². The fraction of sp³-hybridized carbons (Fsp3) is 0.476. The summed E-state index contributed by atoms with van der Waals surface area (Å²) in [5.41, 5.74) is 28.5. The lowest BCUT2D eigenvalue weighted by molar-refractivity contribution is -0.193. The molecular weight excluding hydrogens is 696 g/mol. The van der Waals surface area contributed by atoms with Crippen LogP contribution in [0.25, 0.3) is 26.7 Å². The van der Waals surface area contributed by atoms with Gasteiger partial charge in [0.25, 0.3) is 0 Å². The number of aliphatic hydroxyl groups excluding tert-OH is 1. The Hall–Kier alpha value is -5.58.